The largest absolute Gasteiger partial charge is 0.385 e. The molecule has 2 aromatic rings. The first kappa shape index (κ1) is 24.4. The molecule has 3 unspecified atom stereocenters. The lowest BCUT2D eigenvalue weighted by atomic mass is 9.86. The molecule has 1 aliphatic carbocycles. The Hall–Kier alpha value is -3.24. The summed E-state index contributed by atoms with van der Waals surface area (Å²) in [5.74, 6) is -0.710. The van der Waals surface area contributed by atoms with E-state index in [-0.39, 0.29) is 41.6 Å². The van der Waals surface area contributed by atoms with Gasteiger partial charge >= 0.3 is 0 Å². The molecule has 1 aliphatic rings. The molecular weight excluding hydrogens is 432 g/mol. The van der Waals surface area contributed by atoms with Crippen molar-refractivity contribution in [2.75, 3.05) is 6.67 Å². The van der Waals surface area contributed by atoms with Gasteiger partial charge in [0.2, 0.25) is 0 Å². The molecule has 33 heavy (non-hydrogen) atoms. The predicted molar refractivity (Wildman–Crippen MR) is 121 cm³/mol. The van der Waals surface area contributed by atoms with E-state index in [1.807, 2.05) is 6.07 Å². The van der Waals surface area contributed by atoms with Crippen LogP contribution in [0.1, 0.15) is 64.6 Å². The summed E-state index contributed by atoms with van der Waals surface area (Å²) in [4.78, 5) is 3.68. The van der Waals surface area contributed by atoms with Crippen molar-refractivity contribution >= 4 is 12.3 Å². The number of aliphatic hydroxyl groups excluding tert-OH is 1. The molecular formula is C26H24F4N2O. The summed E-state index contributed by atoms with van der Waals surface area (Å²) in [5, 5.41) is 20.1. The number of hydrogen-bond donors (Lipinski definition) is 1. The van der Waals surface area contributed by atoms with Crippen LogP contribution in [0.15, 0.2) is 47.6 Å². The third kappa shape index (κ3) is 4.49. The van der Waals surface area contributed by atoms with Crippen molar-refractivity contribution in [1.29, 1.82) is 5.26 Å². The summed E-state index contributed by atoms with van der Waals surface area (Å²) in [6.45, 7) is 7.73. The van der Waals surface area contributed by atoms with Gasteiger partial charge in [0.1, 0.15) is 30.9 Å². The van der Waals surface area contributed by atoms with Gasteiger partial charge in [-0.1, -0.05) is 31.7 Å². The lowest BCUT2D eigenvalue weighted by Gasteiger charge is -2.19. The Morgan fingerprint density at radius 3 is 2.70 bits per heavy atom. The average molecular weight is 456 g/mol. The molecule has 7 heteroatoms. The zero-order valence-corrected chi connectivity index (χ0v) is 18.2. The van der Waals surface area contributed by atoms with Crippen molar-refractivity contribution in [3.8, 4) is 6.07 Å². The highest BCUT2D eigenvalue weighted by Gasteiger charge is 2.36. The monoisotopic (exact) mass is 456 g/mol. The van der Waals surface area contributed by atoms with Gasteiger partial charge in [0.05, 0.1) is 17.3 Å². The number of fused-ring (bicyclic) bond motifs is 1. The molecule has 172 valence electrons. The number of halogens is 4. The van der Waals surface area contributed by atoms with Crippen LogP contribution in [0.4, 0.5) is 17.6 Å². The van der Waals surface area contributed by atoms with Gasteiger partial charge in [-0.3, -0.25) is 4.99 Å². The number of nitriles is 1. The molecule has 0 heterocycles. The fraction of sp³-hybridized carbons (Fsp3) is 0.308. The third-order valence-corrected chi connectivity index (χ3v) is 6.05. The maximum atomic E-state index is 14.7. The first-order chi connectivity index (χ1) is 15.8. The van der Waals surface area contributed by atoms with Crippen molar-refractivity contribution in [2.24, 2.45) is 4.99 Å². The Labute approximate surface area is 190 Å². The van der Waals surface area contributed by atoms with Crippen LogP contribution >= 0.6 is 0 Å². The number of aliphatic imine (C=N–C) groups is 1. The summed E-state index contributed by atoms with van der Waals surface area (Å²) in [5.41, 5.74) is 2.39. The molecule has 0 fully saturated rings. The average Bonchev–Trinajstić information content (AvgIpc) is 3.12. The van der Waals surface area contributed by atoms with E-state index in [0.29, 0.717) is 27.8 Å². The van der Waals surface area contributed by atoms with E-state index in [1.165, 1.54) is 6.08 Å². The fourth-order valence-corrected chi connectivity index (χ4v) is 4.40. The van der Waals surface area contributed by atoms with Gasteiger partial charge in [-0.15, -0.1) is 0 Å². The number of aliphatic hydroxyl groups is 1. The van der Waals surface area contributed by atoms with Crippen LogP contribution in [-0.2, 0) is 12.8 Å². The second kappa shape index (κ2) is 10.1. The molecule has 3 atom stereocenters. The van der Waals surface area contributed by atoms with E-state index in [0.717, 1.165) is 12.1 Å². The van der Waals surface area contributed by atoms with Crippen molar-refractivity contribution in [3.63, 3.8) is 0 Å². The Balaban J connectivity index is 2.23. The molecule has 2 aromatic carbocycles. The van der Waals surface area contributed by atoms with Crippen molar-refractivity contribution in [3.05, 3.63) is 87.4 Å². The van der Waals surface area contributed by atoms with Crippen LogP contribution in [0.3, 0.4) is 0 Å². The molecule has 3 nitrogen and oxygen atoms in total. The summed E-state index contributed by atoms with van der Waals surface area (Å²) >= 11 is 0. The van der Waals surface area contributed by atoms with Crippen LogP contribution < -0.4 is 0 Å². The third-order valence-electron chi connectivity index (χ3n) is 6.05. The Bertz CT molecular complexity index is 1170. The van der Waals surface area contributed by atoms with Gasteiger partial charge in [-0.05, 0) is 65.1 Å². The molecule has 0 radical (unpaired) electrons. The highest BCUT2D eigenvalue weighted by atomic mass is 19.1. The van der Waals surface area contributed by atoms with Crippen LogP contribution in [-0.4, -0.2) is 24.7 Å². The van der Waals surface area contributed by atoms with E-state index in [9.17, 15) is 27.9 Å². The maximum absolute atomic E-state index is 14.7. The second-order valence-corrected chi connectivity index (χ2v) is 7.87. The Morgan fingerprint density at radius 1 is 1.39 bits per heavy atom. The molecule has 3 rings (SSSR count). The quantitative estimate of drug-likeness (QED) is 0.292. The van der Waals surface area contributed by atoms with Gasteiger partial charge in [-0.2, -0.15) is 5.26 Å². The zero-order chi connectivity index (χ0) is 24.3. The molecule has 0 aromatic heterocycles. The van der Waals surface area contributed by atoms with Crippen LogP contribution in [0.25, 0.3) is 5.57 Å². The zero-order valence-electron chi connectivity index (χ0n) is 18.2. The molecule has 0 aliphatic heterocycles. The van der Waals surface area contributed by atoms with Crippen LogP contribution in [0.2, 0.25) is 0 Å². The standard InChI is InChI=1S/C26H24F4N2O/c1-4-17(24(12-27)32-3)18-7-6-14(20-11-23(30)26(33)25(18)20)9-19-15(13-31)8-16(28)10-21(19)22(29)5-2/h4,6-8,10,22-23,26,33H,1,3,5,9,11-12H2,2H3/b24-17+. The minimum atomic E-state index is -1.59. The van der Waals surface area contributed by atoms with Crippen molar-refractivity contribution in [2.45, 2.75) is 44.6 Å². The summed E-state index contributed by atoms with van der Waals surface area (Å²) in [6.07, 6.45) is -3.12. The topological polar surface area (TPSA) is 56.4 Å². The SMILES string of the molecule is C=C/C(=C(/CF)N=C)c1ccc(Cc2c(C#N)cc(F)cc2C(F)CC)c2c1C(O)C(F)C2. The number of allylic oxidation sites excluding steroid dienone is 3. The number of benzene rings is 2. The summed E-state index contributed by atoms with van der Waals surface area (Å²) < 4.78 is 56.8. The number of rotatable bonds is 8. The lowest BCUT2D eigenvalue weighted by Crippen LogP contribution is -2.08. The van der Waals surface area contributed by atoms with Gasteiger partial charge in [-0.25, -0.2) is 17.6 Å². The highest BCUT2D eigenvalue weighted by Crippen LogP contribution is 2.42. The second-order valence-electron chi connectivity index (χ2n) is 7.87. The summed E-state index contributed by atoms with van der Waals surface area (Å²) in [7, 11) is 0. The smallest absolute Gasteiger partial charge is 0.134 e. The van der Waals surface area contributed by atoms with Gasteiger partial charge in [0, 0.05) is 12.0 Å². The molecule has 0 saturated heterocycles. The van der Waals surface area contributed by atoms with Gasteiger partial charge < -0.3 is 5.11 Å². The van der Waals surface area contributed by atoms with E-state index >= 15 is 0 Å². The van der Waals surface area contributed by atoms with E-state index in [1.54, 1.807) is 19.1 Å². The highest BCUT2D eigenvalue weighted by molar-refractivity contribution is 5.80. The maximum Gasteiger partial charge on any atom is 0.134 e. The Morgan fingerprint density at radius 2 is 2.12 bits per heavy atom. The van der Waals surface area contributed by atoms with Crippen molar-refractivity contribution < 1.29 is 22.7 Å². The molecule has 1 N–H and O–H groups in total. The van der Waals surface area contributed by atoms with Gasteiger partial charge in [0.25, 0.3) is 0 Å². The van der Waals surface area contributed by atoms with E-state index in [4.69, 9.17) is 0 Å². The first-order valence-electron chi connectivity index (χ1n) is 10.5. The van der Waals surface area contributed by atoms with Crippen molar-refractivity contribution in [1.82, 2.24) is 0 Å². The number of alkyl halides is 3. The molecule has 0 amide bonds. The minimum Gasteiger partial charge on any atom is -0.385 e. The molecule has 0 saturated carbocycles. The summed E-state index contributed by atoms with van der Waals surface area (Å²) in [6, 6.07) is 7.30. The van der Waals surface area contributed by atoms with Crippen LogP contribution in [0, 0.1) is 17.1 Å². The predicted octanol–water partition coefficient (Wildman–Crippen LogP) is 6.20. The number of nitrogens with zero attached hydrogens (tertiary/aromatic N) is 2. The minimum absolute atomic E-state index is 0.00322. The first-order valence-corrected chi connectivity index (χ1v) is 10.5. The fourth-order valence-electron chi connectivity index (χ4n) is 4.40. The molecule has 0 spiro atoms. The van der Waals surface area contributed by atoms with E-state index in [2.05, 4.69) is 18.3 Å². The molecule has 0 bridgehead atoms. The van der Waals surface area contributed by atoms with Gasteiger partial charge in [0.15, 0.2) is 0 Å². The number of hydrogen-bond acceptors (Lipinski definition) is 3. The normalized spacial score (nSPS) is 18.8. The Kier molecular flexibility index (Phi) is 7.50. The van der Waals surface area contributed by atoms with E-state index < -0.39 is 30.9 Å². The lowest BCUT2D eigenvalue weighted by molar-refractivity contribution is 0.0924. The van der Waals surface area contributed by atoms with Crippen LogP contribution in [0.5, 0.6) is 0 Å².